The first-order valence-electron chi connectivity index (χ1n) is 6.25. The van der Waals surface area contributed by atoms with Crippen LogP contribution in [0.4, 0.5) is 0 Å². The van der Waals surface area contributed by atoms with Gasteiger partial charge in [-0.15, -0.1) is 0 Å². The monoisotopic (exact) mass is 302 g/mol. The first kappa shape index (κ1) is 14.8. The van der Waals surface area contributed by atoms with E-state index in [0.717, 1.165) is 0 Å². The molecule has 0 aliphatic carbocycles. The Morgan fingerprint density at radius 2 is 1.89 bits per heavy atom. The molecule has 1 aliphatic rings. The number of hydrogen-bond acceptors (Lipinski definition) is 3. The minimum Gasteiger partial charge on any atom is -0.327 e. The van der Waals surface area contributed by atoms with E-state index in [4.69, 9.17) is 17.3 Å². The Balaban J connectivity index is 2.28. The Morgan fingerprint density at radius 1 is 1.32 bits per heavy atom. The van der Waals surface area contributed by atoms with E-state index in [1.165, 1.54) is 4.31 Å². The van der Waals surface area contributed by atoms with Gasteiger partial charge in [-0.05, 0) is 36.1 Å². The second kappa shape index (κ2) is 5.05. The molecule has 2 N–H and O–H groups in total. The molecule has 4 nitrogen and oxygen atoms in total. The quantitative estimate of drug-likeness (QED) is 0.910. The van der Waals surface area contributed by atoms with Crippen LogP contribution in [-0.2, 0) is 10.0 Å². The van der Waals surface area contributed by atoms with Crippen LogP contribution in [0.25, 0.3) is 0 Å². The average Bonchev–Trinajstić information content (AvgIpc) is 2.33. The van der Waals surface area contributed by atoms with Crippen molar-refractivity contribution in [2.75, 3.05) is 13.1 Å². The van der Waals surface area contributed by atoms with Crippen molar-refractivity contribution in [1.29, 1.82) is 0 Å². The number of benzene rings is 1. The van der Waals surface area contributed by atoms with Crippen molar-refractivity contribution < 1.29 is 8.42 Å². The maximum absolute atomic E-state index is 12.5. The lowest BCUT2D eigenvalue weighted by atomic mass is 9.81. The molecule has 1 heterocycles. The van der Waals surface area contributed by atoms with Crippen molar-refractivity contribution in [3.63, 3.8) is 0 Å². The molecule has 0 aromatic heterocycles. The first-order valence-corrected chi connectivity index (χ1v) is 8.06. The third-order valence-corrected chi connectivity index (χ3v) is 5.84. The van der Waals surface area contributed by atoms with E-state index in [9.17, 15) is 8.42 Å². The van der Waals surface area contributed by atoms with Crippen LogP contribution >= 0.6 is 11.6 Å². The molecular formula is C13H19ClN2O2S. The lowest BCUT2D eigenvalue weighted by Crippen LogP contribution is -2.53. The van der Waals surface area contributed by atoms with E-state index in [1.54, 1.807) is 24.3 Å². The molecule has 6 heteroatoms. The lowest BCUT2D eigenvalue weighted by Gasteiger charge is -2.41. The summed E-state index contributed by atoms with van der Waals surface area (Å²) in [6, 6.07) is 6.30. The fourth-order valence-corrected chi connectivity index (χ4v) is 4.04. The van der Waals surface area contributed by atoms with Gasteiger partial charge in [0.15, 0.2) is 0 Å². The Kier molecular flexibility index (Phi) is 3.93. The van der Waals surface area contributed by atoms with E-state index in [1.807, 2.05) is 13.8 Å². The number of nitrogens with zero attached hydrogens (tertiary/aromatic N) is 1. The third-order valence-electron chi connectivity index (χ3n) is 3.73. The van der Waals surface area contributed by atoms with E-state index >= 15 is 0 Å². The van der Waals surface area contributed by atoms with E-state index in [-0.39, 0.29) is 16.4 Å². The van der Waals surface area contributed by atoms with Gasteiger partial charge in [0, 0.05) is 24.2 Å². The summed E-state index contributed by atoms with van der Waals surface area (Å²) in [7, 11) is -3.45. The SMILES string of the molecule is CC1(C)CN(S(=O)(=O)c2ccc(Cl)cc2)CCC1N. The summed E-state index contributed by atoms with van der Waals surface area (Å²) in [5, 5.41) is 0.528. The molecule has 19 heavy (non-hydrogen) atoms. The van der Waals surface area contributed by atoms with Crippen molar-refractivity contribution in [2.45, 2.75) is 31.2 Å². The van der Waals surface area contributed by atoms with Gasteiger partial charge in [-0.2, -0.15) is 4.31 Å². The number of sulfonamides is 1. The fourth-order valence-electron chi connectivity index (χ4n) is 2.29. The van der Waals surface area contributed by atoms with Gasteiger partial charge in [-0.25, -0.2) is 8.42 Å². The second-order valence-electron chi connectivity index (χ2n) is 5.68. The highest BCUT2D eigenvalue weighted by atomic mass is 35.5. The summed E-state index contributed by atoms with van der Waals surface area (Å²) < 4.78 is 26.6. The third kappa shape index (κ3) is 2.94. The zero-order valence-electron chi connectivity index (χ0n) is 11.1. The molecule has 2 rings (SSSR count). The standard InChI is InChI=1S/C13H19ClN2O2S/c1-13(2)9-16(8-7-12(13)15)19(17,18)11-5-3-10(14)4-6-11/h3-6,12H,7-9,15H2,1-2H3. The molecule has 1 atom stereocenters. The molecule has 0 spiro atoms. The van der Waals surface area contributed by atoms with Gasteiger partial charge in [0.05, 0.1) is 4.90 Å². The Labute approximate surface area is 119 Å². The second-order valence-corrected chi connectivity index (χ2v) is 8.05. The number of halogens is 1. The molecular weight excluding hydrogens is 284 g/mol. The van der Waals surface area contributed by atoms with Crippen molar-refractivity contribution in [1.82, 2.24) is 4.31 Å². The lowest BCUT2D eigenvalue weighted by molar-refractivity contribution is 0.155. The van der Waals surface area contributed by atoms with Crippen LogP contribution in [0.2, 0.25) is 5.02 Å². The van der Waals surface area contributed by atoms with Crippen LogP contribution < -0.4 is 5.73 Å². The summed E-state index contributed by atoms with van der Waals surface area (Å²) in [6.07, 6.45) is 0.680. The van der Waals surface area contributed by atoms with Crippen LogP contribution in [0.5, 0.6) is 0 Å². The smallest absolute Gasteiger partial charge is 0.243 e. The molecule has 1 unspecified atom stereocenters. The van der Waals surface area contributed by atoms with Gasteiger partial charge < -0.3 is 5.73 Å². The Hall–Kier alpha value is -0.620. The number of nitrogens with two attached hydrogens (primary N) is 1. The maximum Gasteiger partial charge on any atom is 0.243 e. The van der Waals surface area contributed by atoms with Gasteiger partial charge in [0.2, 0.25) is 10.0 Å². The van der Waals surface area contributed by atoms with Crippen LogP contribution in [0.15, 0.2) is 29.2 Å². The highest BCUT2D eigenvalue weighted by molar-refractivity contribution is 7.89. The topological polar surface area (TPSA) is 63.4 Å². The zero-order valence-corrected chi connectivity index (χ0v) is 12.7. The highest BCUT2D eigenvalue weighted by Gasteiger charge is 2.38. The summed E-state index contributed by atoms with van der Waals surface area (Å²) in [6.45, 7) is 4.91. The van der Waals surface area contributed by atoms with Gasteiger partial charge in [0.25, 0.3) is 0 Å². The molecule has 0 radical (unpaired) electrons. The van der Waals surface area contributed by atoms with E-state index in [0.29, 0.717) is 24.5 Å². The number of hydrogen-bond donors (Lipinski definition) is 1. The summed E-state index contributed by atoms with van der Waals surface area (Å²) in [5.74, 6) is 0. The number of piperidine rings is 1. The van der Waals surface area contributed by atoms with Gasteiger partial charge in [-0.3, -0.25) is 0 Å². The normalized spacial score (nSPS) is 24.3. The molecule has 1 aromatic rings. The van der Waals surface area contributed by atoms with E-state index < -0.39 is 10.0 Å². The molecule has 0 bridgehead atoms. The molecule has 0 amide bonds. The largest absolute Gasteiger partial charge is 0.327 e. The predicted molar refractivity (Wildman–Crippen MR) is 76.6 cm³/mol. The summed E-state index contributed by atoms with van der Waals surface area (Å²) in [4.78, 5) is 0.281. The molecule has 0 saturated carbocycles. The highest BCUT2D eigenvalue weighted by Crippen LogP contribution is 2.31. The first-order chi connectivity index (χ1) is 8.73. The Morgan fingerprint density at radius 3 is 2.42 bits per heavy atom. The minimum absolute atomic E-state index is 0.0316. The summed E-state index contributed by atoms with van der Waals surface area (Å²) >= 11 is 5.79. The fraction of sp³-hybridized carbons (Fsp3) is 0.538. The van der Waals surface area contributed by atoms with Crippen molar-refractivity contribution in [2.24, 2.45) is 11.1 Å². The molecule has 1 fully saturated rings. The Bertz CT molecular complexity index is 555. The predicted octanol–water partition coefficient (Wildman–Crippen LogP) is 2.09. The van der Waals surface area contributed by atoms with E-state index in [2.05, 4.69) is 0 Å². The maximum atomic E-state index is 12.5. The van der Waals surface area contributed by atoms with Gasteiger partial charge in [-0.1, -0.05) is 25.4 Å². The molecule has 1 aromatic carbocycles. The minimum atomic E-state index is -3.45. The zero-order chi connectivity index (χ0) is 14.3. The van der Waals surface area contributed by atoms with Crippen LogP contribution in [0, 0.1) is 5.41 Å². The average molecular weight is 303 g/mol. The number of rotatable bonds is 2. The van der Waals surface area contributed by atoms with Crippen LogP contribution in [0.3, 0.4) is 0 Å². The summed E-state index contributed by atoms with van der Waals surface area (Å²) in [5.41, 5.74) is 5.83. The van der Waals surface area contributed by atoms with Gasteiger partial charge >= 0.3 is 0 Å². The molecule has 1 saturated heterocycles. The van der Waals surface area contributed by atoms with Crippen molar-refractivity contribution in [3.8, 4) is 0 Å². The molecule has 106 valence electrons. The van der Waals surface area contributed by atoms with Crippen LogP contribution in [-0.4, -0.2) is 31.9 Å². The van der Waals surface area contributed by atoms with Crippen LogP contribution in [0.1, 0.15) is 20.3 Å². The van der Waals surface area contributed by atoms with Crippen molar-refractivity contribution >= 4 is 21.6 Å². The van der Waals surface area contributed by atoms with Gasteiger partial charge in [0.1, 0.15) is 0 Å². The van der Waals surface area contributed by atoms with Crippen molar-refractivity contribution in [3.05, 3.63) is 29.3 Å². The molecule has 1 aliphatic heterocycles.